The van der Waals surface area contributed by atoms with Crippen molar-refractivity contribution in [2.75, 3.05) is 33.3 Å². The number of amides is 1. The first-order valence-electron chi connectivity index (χ1n) is 11.3. The van der Waals surface area contributed by atoms with E-state index in [9.17, 15) is 23.9 Å². The number of carbonyl (C=O) groups is 3. The Hall–Kier alpha value is -3.52. The molecule has 3 rings (SSSR count). The number of aliphatic hydroxyl groups excluding tert-OH is 1. The van der Waals surface area contributed by atoms with E-state index in [2.05, 4.69) is 18.7 Å². The number of esters is 1. The number of likely N-dealkylation sites (tertiary alicyclic amines) is 1. The highest BCUT2D eigenvalue weighted by Gasteiger charge is 2.45. The summed E-state index contributed by atoms with van der Waals surface area (Å²) in [6.45, 7) is 6.92. The van der Waals surface area contributed by atoms with Crippen LogP contribution in [0.4, 0.5) is 4.39 Å². The maximum atomic E-state index is 13.4. The Balaban J connectivity index is 2.03. The van der Waals surface area contributed by atoms with Crippen LogP contribution in [0, 0.1) is 5.82 Å². The van der Waals surface area contributed by atoms with Crippen LogP contribution in [0.25, 0.3) is 5.76 Å². The number of ether oxygens (including phenoxy) is 1. The van der Waals surface area contributed by atoms with Gasteiger partial charge >= 0.3 is 5.97 Å². The number of ketones is 1. The first-order chi connectivity index (χ1) is 16.3. The molecule has 0 aliphatic carbocycles. The zero-order valence-electron chi connectivity index (χ0n) is 19.6. The van der Waals surface area contributed by atoms with Crippen molar-refractivity contribution in [2.45, 2.75) is 26.3 Å². The zero-order valence-corrected chi connectivity index (χ0v) is 19.6. The Kier molecular flexibility index (Phi) is 8.17. The summed E-state index contributed by atoms with van der Waals surface area (Å²) in [6, 6.07) is 10.6. The molecule has 0 aromatic heterocycles. The third-order valence-electron chi connectivity index (χ3n) is 6.07. The van der Waals surface area contributed by atoms with Crippen LogP contribution < -0.4 is 0 Å². The van der Waals surface area contributed by atoms with E-state index in [0.717, 1.165) is 19.6 Å². The Morgan fingerprint density at radius 3 is 2.18 bits per heavy atom. The maximum Gasteiger partial charge on any atom is 0.337 e. The zero-order chi connectivity index (χ0) is 24.8. The average molecular weight is 469 g/mol. The number of hydrogen-bond acceptors (Lipinski definition) is 6. The van der Waals surface area contributed by atoms with E-state index in [1.807, 2.05) is 0 Å². The molecular formula is C26H29FN2O5. The molecule has 0 radical (unpaired) electrons. The van der Waals surface area contributed by atoms with Crippen molar-refractivity contribution in [3.63, 3.8) is 0 Å². The van der Waals surface area contributed by atoms with Gasteiger partial charge in [0.2, 0.25) is 0 Å². The quantitative estimate of drug-likeness (QED) is 0.261. The van der Waals surface area contributed by atoms with Crippen molar-refractivity contribution in [3.8, 4) is 0 Å². The van der Waals surface area contributed by atoms with Gasteiger partial charge in [0.25, 0.3) is 11.7 Å². The minimum absolute atomic E-state index is 0.0646. The Morgan fingerprint density at radius 1 is 1.03 bits per heavy atom. The van der Waals surface area contributed by atoms with Crippen LogP contribution >= 0.6 is 0 Å². The van der Waals surface area contributed by atoms with Gasteiger partial charge in [-0.05, 0) is 68.0 Å². The Morgan fingerprint density at radius 2 is 1.62 bits per heavy atom. The lowest BCUT2D eigenvalue weighted by atomic mass is 9.94. The van der Waals surface area contributed by atoms with Crippen molar-refractivity contribution in [2.24, 2.45) is 0 Å². The fourth-order valence-corrected chi connectivity index (χ4v) is 4.14. The van der Waals surface area contributed by atoms with Crippen LogP contribution in [0.2, 0.25) is 0 Å². The van der Waals surface area contributed by atoms with Crippen molar-refractivity contribution >= 4 is 23.4 Å². The van der Waals surface area contributed by atoms with Crippen LogP contribution in [0.15, 0.2) is 54.1 Å². The van der Waals surface area contributed by atoms with Crippen LogP contribution in [0.1, 0.15) is 47.8 Å². The molecule has 0 spiro atoms. The molecule has 2 aromatic carbocycles. The SMILES string of the molecule is CCN(CC)CCCN1C(=O)C(=O)C(=C(O)c2ccc(F)cc2)C1c1ccc(C(=O)OC)cc1. The fraction of sp³-hybridized carbons (Fsp3) is 0.346. The number of halogens is 1. The van der Waals surface area contributed by atoms with E-state index in [0.29, 0.717) is 24.1 Å². The fourth-order valence-electron chi connectivity index (χ4n) is 4.14. The summed E-state index contributed by atoms with van der Waals surface area (Å²) < 4.78 is 18.1. The molecular weight excluding hydrogens is 439 g/mol. The summed E-state index contributed by atoms with van der Waals surface area (Å²) in [5, 5.41) is 11.0. The highest BCUT2D eigenvalue weighted by atomic mass is 19.1. The molecule has 1 heterocycles. The first kappa shape index (κ1) is 25.1. The number of hydrogen-bond donors (Lipinski definition) is 1. The van der Waals surface area contributed by atoms with E-state index in [-0.39, 0.29) is 16.9 Å². The molecule has 7 nitrogen and oxygen atoms in total. The molecule has 2 aromatic rings. The van der Waals surface area contributed by atoms with Gasteiger partial charge in [0.15, 0.2) is 0 Å². The lowest BCUT2D eigenvalue weighted by Gasteiger charge is -2.27. The van der Waals surface area contributed by atoms with Gasteiger partial charge < -0.3 is 19.6 Å². The minimum atomic E-state index is -0.839. The number of nitrogens with zero attached hydrogens (tertiary/aromatic N) is 2. The van der Waals surface area contributed by atoms with Gasteiger partial charge in [-0.25, -0.2) is 9.18 Å². The molecule has 34 heavy (non-hydrogen) atoms. The standard InChI is InChI=1S/C26H29FN2O5/c1-4-28(5-2)15-6-16-29-22(17-7-9-19(10-8-17)26(33)34-3)21(24(31)25(29)32)23(30)18-11-13-20(27)14-12-18/h7-14,22,30H,4-6,15-16H2,1-3H3. The monoisotopic (exact) mass is 468 g/mol. The summed E-state index contributed by atoms with van der Waals surface area (Å²) >= 11 is 0. The molecule has 1 aliphatic heterocycles. The van der Waals surface area contributed by atoms with Gasteiger partial charge in [0.05, 0.1) is 24.3 Å². The minimum Gasteiger partial charge on any atom is -0.507 e. The molecule has 1 saturated heterocycles. The maximum absolute atomic E-state index is 13.4. The highest BCUT2D eigenvalue weighted by molar-refractivity contribution is 6.46. The molecule has 1 atom stereocenters. The summed E-state index contributed by atoms with van der Waals surface area (Å²) in [5.74, 6) is -2.86. The van der Waals surface area contributed by atoms with E-state index in [1.54, 1.807) is 24.3 Å². The molecule has 1 amide bonds. The molecule has 8 heteroatoms. The first-order valence-corrected chi connectivity index (χ1v) is 11.3. The van der Waals surface area contributed by atoms with Crippen molar-refractivity contribution in [1.82, 2.24) is 9.80 Å². The number of rotatable bonds is 9. The predicted octanol–water partition coefficient (Wildman–Crippen LogP) is 3.77. The van der Waals surface area contributed by atoms with Crippen LogP contribution in [0.3, 0.4) is 0 Å². The number of carbonyl (C=O) groups excluding carboxylic acids is 3. The average Bonchev–Trinajstić information content (AvgIpc) is 3.11. The predicted molar refractivity (Wildman–Crippen MR) is 126 cm³/mol. The summed E-state index contributed by atoms with van der Waals surface area (Å²) in [5.41, 5.74) is 1.06. The largest absolute Gasteiger partial charge is 0.507 e. The lowest BCUT2D eigenvalue weighted by Crippen LogP contribution is -2.33. The lowest BCUT2D eigenvalue weighted by molar-refractivity contribution is -0.140. The Labute approximate surface area is 198 Å². The van der Waals surface area contributed by atoms with Gasteiger partial charge in [-0.15, -0.1) is 0 Å². The third-order valence-corrected chi connectivity index (χ3v) is 6.07. The summed E-state index contributed by atoms with van der Waals surface area (Å²) in [7, 11) is 1.28. The second-order valence-electron chi connectivity index (χ2n) is 7.99. The molecule has 1 unspecified atom stereocenters. The van der Waals surface area contributed by atoms with Crippen LogP contribution in [0.5, 0.6) is 0 Å². The van der Waals surface area contributed by atoms with Gasteiger partial charge in [-0.2, -0.15) is 0 Å². The van der Waals surface area contributed by atoms with Gasteiger partial charge in [-0.1, -0.05) is 26.0 Å². The molecule has 1 aliphatic rings. The van der Waals surface area contributed by atoms with Gasteiger partial charge in [0, 0.05) is 12.1 Å². The van der Waals surface area contributed by atoms with Gasteiger partial charge in [0.1, 0.15) is 11.6 Å². The molecule has 1 N–H and O–H groups in total. The van der Waals surface area contributed by atoms with Crippen LogP contribution in [-0.4, -0.2) is 65.9 Å². The summed E-state index contributed by atoms with van der Waals surface area (Å²) in [6.07, 6.45) is 0.641. The van der Waals surface area contributed by atoms with Crippen molar-refractivity contribution in [1.29, 1.82) is 0 Å². The molecule has 0 bridgehead atoms. The van der Waals surface area contributed by atoms with Crippen molar-refractivity contribution in [3.05, 3.63) is 76.6 Å². The second-order valence-corrected chi connectivity index (χ2v) is 7.99. The van der Waals surface area contributed by atoms with Crippen molar-refractivity contribution < 1.29 is 28.6 Å². The number of benzene rings is 2. The molecule has 1 fully saturated rings. The van der Waals surface area contributed by atoms with E-state index >= 15 is 0 Å². The van der Waals surface area contributed by atoms with E-state index < -0.39 is 29.5 Å². The van der Waals surface area contributed by atoms with E-state index in [4.69, 9.17) is 4.74 Å². The Bertz CT molecular complexity index is 1080. The van der Waals surface area contributed by atoms with E-state index in [1.165, 1.54) is 36.3 Å². The normalized spacial score (nSPS) is 17.4. The smallest absolute Gasteiger partial charge is 0.337 e. The number of aliphatic hydroxyl groups is 1. The van der Waals surface area contributed by atoms with Crippen LogP contribution in [-0.2, 0) is 14.3 Å². The topological polar surface area (TPSA) is 87.2 Å². The highest BCUT2D eigenvalue weighted by Crippen LogP contribution is 2.39. The molecule has 180 valence electrons. The second kappa shape index (κ2) is 11.1. The number of Topliss-reactive ketones (excluding diaryl/α,β-unsaturated/α-hetero) is 1. The number of methoxy groups -OCH3 is 1. The summed E-state index contributed by atoms with van der Waals surface area (Å²) in [4.78, 5) is 41.6. The molecule has 0 saturated carbocycles. The third kappa shape index (κ3) is 5.17. The van der Waals surface area contributed by atoms with Gasteiger partial charge in [-0.3, -0.25) is 9.59 Å².